The van der Waals surface area contributed by atoms with Crippen LogP contribution in [0.3, 0.4) is 0 Å². The Balaban J connectivity index is 1.72. The van der Waals surface area contributed by atoms with Gasteiger partial charge in [-0.2, -0.15) is 0 Å². The third-order valence-corrected chi connectivity index (χ3v) is 3.52. The lowest BCUT2D eigenvalue weighted by molar-refractivity contribution is 0.296. The molecule has 0 saturated carbocycles. The van der Waals surface area contributed by atoms with Gasteiger partial charge in [-0.1, -0.05) is 12.1 Å². The highest BCUT2D eigenvalue weighted by Crippen LogP contribution is 2.28. The van der Waals surface area contributed by atoms with Crippen LogP contribution in [0, 0.1) is 0 Å². The number of rotatable bonds is 4. The number of hydrogen-bond acceptors (Lipinski definition) is 5. The lowest BCUT2D eigenvalue weighted by Crippen LogP contribution is -2.28. The van der Waals surface area contributed by atoms with Crippen molar-refractivity contribution in [2.45, 2.75) is 13.0 Å². The molecule has 110 valence electrons. The van der Waals surface area contributed by atoms with Gasteiger partial charge in [0.05, 0.1) is 5.69 Å². The Labute approximate surface area is 125 Å². The summed E-state index contributed by atoms with van der Waals surface area (Å²) in [5.41, 5.74) is 1.15. The Morgan fingerprint density at radius 2 is 1.90 bits per heavy atom. The number of nitrogens with one attached hydrogen (secondary N) is 1. The Hall–Kier alpha value is -2.14. The van der Waals surface area contributed by atoms with Crippen molar-refractivity contribution in [3.63, 3.8) is 0 Å². The maximum absolute atomic E-state index is 5.93. The quantitative estimate of drug-likeness (QED) is 0.928. The van der Waals surface area contributed by atoms with Crippen molar-refractivity contribution in [1.29, 1.82) is 0 Å². The molecule has 1 aromatic carbocycles. The molecule has 0 bridgehead atoms. The van der Waals surface area contributed by atoms with E-state index in [0.29, 0.717) is 12.4 Å². The Morgan fingerprint density at radius 3 is 2.81 bits per heavy atom. The summed E-state index contributed by atoms with van der Waals surface area (Å²) in [6.07, 6.45) is 4.62. The van der Waals surface area contributed by atoms with Crippen molar-refractivity contribution in [3.05, 3.63) is 48.5 Å². The van der Waals surface area contributed by atoms with Gasteiger partial charge in [-0.05, 0) is 31.2 Å². The molecule has 3 rings (SSSR count). The third-order valence-electron chi connectivity index (χ3n) is 3.52. The van der Waals surface area contributed by atoms with Crippen LogP contribution in [0.25, 0.3) is 0 Å². The van der Waals surface area contributed by atoms with E-state index in [1.165, 1.54) is 0 Å². The summed E-state index contributed by atoms with van der Waals surface area (Å²) >= 11 is 0. The average molecular weight is 284 g/mol. The van der Waals surface area contributed by atoms with Gasteiger partial charge in [0.1, 0.15) is 12.4 Å². The summed E-state index contributed by atoms with van der Waals surface area (Å²) in [5.74, 6) is 1.59. The minimum Gasteiger partial charge on any atom is -0.483 e. The van der Waals surface area contributed by atoms with E-state index in [2.05, 4.69) is 32.3 Å². The predicted octanol–water partition coefficient (Wildman–Crippen LogP) is 1.86. The zero-order chi connectivity index (χ0) is 14.3. The first kappa shape index (κ1) is 13.8. The smallest absolute Gasteiger partial charge is 0.166 e. The molecule has 21 heavy (non-hydrogen) atoms. The number of nitrogens with zero attached hydrogens (tertiary/aromatic N) is 3. The molecule has 0 atom stereocenters. The van der Waals surface area contributed by atoms with Crippen LogP contribution in [-0.4, -0.2) is 36.1 Å². The van der Waals surface area contributed by atoms with Gasteiger partial charge >= 0.3 is 0 Å². The second-order valence-electron chi connectivity index (χ2n) is 5.01. The Bertz CT molecular complexity index is 553. The number of hydrogen-bond donors (Lipinski definition) is 1. The van der Waals surface area contributed by atoms with Gasteiger partial charge in [-0.25, -0.2) is 9.97 Å². The molecule has 5 nitrogen and oxygen atoms in total. The van der Waals surface area contributed by atoms with Crippen molar-refractivity contribution in [1.82, 2.24) is 15.3 Å². The SMILES string of the molecule is c1cnc(COc2ccccc2N2CCCNCC2)nc1. The normalized spacial score (nSPS) is 15.5. The lowest BCUT2D eigenvalue weighted by atomic mass is 10.2. The van der Waals surface area contributed by atoms with E-state index < -0.39 is 0 Å². The fourth-order valence-corrected chi connectivity index (χ4v) is 2.47. The van der Waals surface area contributed by atoms with E-state index in [4.69, 9.17) is 4.74 Å². The largest absolute Gasteiger partial charge is 0.483 e. The lowest BCUT2D eigenvalue weighted by Gasteiger charge is -2.24. The minimum absolute atomic E-state index is 0.393. The molecule has 1 N–H and O–H groups in total. The van der Waals surface area contributed by atoms with Crippen molar-refractivity contribution in [2.24, 2.45) is 0 Å². The number of benzene rings is 1. The summed E-state index contributed by atoms with van der Waals surface area (Å²) in [4.78, 5) is 10.8. The number of anilines is 1. The van der Waals surface area contributed by atoms with Gasteiger partial charge in [0.2, 0.25) is 0 Å². The molecule has 1 fully saturated rings. The first-order chi connectivity index (χ1) is 10.4. The third kappa shape index (κ3) is 3.70. The van der Waals surface area contributed by atoms with Crippen molar-refractivity contribution in [3.8, 4) is 5.75 Å². The molecule has 0 spiro atoms. The van der Waals surface area contributed by atoms with E-state index in [0.717, 1.165) is 44.0 Å². The highest BCUT2D eigenvalue weighted by molar-refractivity contribution is 5.58. The van der Waals surface area contributed by atoms with E-state index in [1.807, 2.05) is 18.2 Å². The maximum Gasteiger partial charge on any atom is 0.166 e. The summed E-state index contributed by atoms with van der Waals surface area (Å²) in [6, 6.07) is 9.99. The van der Waals surface area contributed by atoms with E-state index in [9.17, 15) is 0 Å². The monoisotopic (exact) mass is 284 g/mol. The summed E-state index contributed by atoms with van der Waals surface area (Å²) in [7, 11) is 0. The average Bonchev–Trinajstić information content (AvgIpc) is 2.83. The second kappa shape index (κ2) is 7.04. The summed E-state index contributed by atoms with van der Waals surface area (Å²) < 4.78 is 5.93. The fraction of sp³-hybridized carbons (Fsp3) is 0.375. The summed E-state index contributed by atoms with van der Waals surface area (Å²) in [5, 5.41) is 3.42. The van der Waals surface area contributed by atoms with Crippen molar-refractivity contribution < 1.29 is 4.74 Å². The van der Waals surface area contributed by atoms with Crippen LogP contribution >= 0.6 is 0 Å². The standard InChI is InChI=1S/C16H20N4O/c1-2-6-15(21-13-16-18-8-3-9-19-16)14(5-1)20-11-4-7-17-10-12-20/h1-3,5-6,8-9,17H,4,7,10-13H2. The highest BCUT2D eigenvalue weighted by Gasteiger charge is 2.14. The van der Waals surface area contributed by atoms with Crippen LogP contribution in [-0.2, 0) is 6.61 Å². The number of ether oxygens (including phenoxy) is 1. The first-order valence-electron chi connectivity index (χ1n) is 7.37. The molecule has 2 heterocycles. The predicted molar refractivity (Wildman–Crippen MR) is 82.5 cm³/mol. The topological polar surface area (TPSA) is 50.3 Å². The number of para-hydroxylation sites is 2. The second-order valence-corrected chi connectivity index (χ2v) is 5.01. The van der Waals surface area contributed by atoms with Gasteiger partial charge in [0.25, 0.3) is 0 Å². The van der Waals surface area contributed by atoms with E-state index in [-0.39, 0.29) is 0 Å². The van der Waals surface area contributed by atoms with Crippen LogP contribution in [0.1, 0.15) is 12.2 Å². The summed E-state index contributed by atoms with van der Waals surface area (Å²) in [6.45, 7) is 4.54. The van der Waals surface area contributed by atoms with Crippen LogP contribution in [0.2, 0.25) is 0 Å². The number of aromatic nitrogens is 2. The van der Waals surface area contributed by atoms with Gasteiger partial charge < -0.3 is 15.0 Å². The van der Waals surface area contributed by atoms with Crippen molar-refractivity contribution >= 4 is 5.69 Å². The molecule has 0 aliphatic carbocycles. The molecule has 1 saturated heterocycles. The molecular formula is C16H20N4O. The molecule has 1 aromatic heterocycles. The maximum atomic E-state index is 5.93. The van der Waals surface area contributed by atoms with Gasteiger partial charge in [-0.3, -0.25) is 0 Å². The first-order valence-corrected chi connectivity index (χ1v) is 7.37. The fourth-order valence-electron chi connectivity index (χ4n) is 2.47. The molecule has 2 aromatic rings. The molecule has 0 unspecified atom stereocenters. The highest BCUT2D eigenvalue weighted by atomic mass is 16.5. The van der Waals surface area contributed by atoms with Crippen LogP contribution in [0.15, 0.2) is 42.7 Å². The van der Waals surface area contributed by atoms with E-state index in [1.54, 1.807) is 12.4 Å². The van der Waals surface area contributed by atoms with E-state index >= 15 is 0 Å². The van der Waals surface area contributed by atoms with Crippen molar-refractivity contribution in [2.75, 3.05) is 31.1 Å². The molecule has 0 radical (unpaired) electrons. The van der Waals surface area contributed by atoms with Gasteiger partial charge in [0, 0.05) is 32.0 Å². The van der Waals surface area contributed by atoms with Crippen LogP contribution in [0.5, 0.6) is 5.75 Å². The Kier molecular flexibility index (Phi) is 4.63. The van der Waals surface area contributed by atoms with Crippen LogP contribution < -0.4 is 15.0 Å². The molecule has 1 aliphatic rings. The molecule has 5 heteroatoms. The van der Waals surface area contributed by atoms with Gasteiger partial charge in [0.15, 0.2) is 5.82 Å². The zero-order valence-corrected chi connectivity index (χ0v) is 12.0. The zero-order valence-electron chi connectivity index (χ0n) is 12.0. The molecule has 1 aliphatic heterocycles. The minimum atomic E-state index is 0.393. The van der Waals surface area contributed by atoms with Gasteiger partial charge in [-0.15, -0.1) is 0 Å². The molecular weight excluding hydrogens is 264 g/mol. The van der Waals surface area contributed by atoms with Crippen LogP contribution in [0.4, 0.5) is 5.69 Å². The molecule has 0 amide bonds. The Morgan fingerprint density at radius 1 is 1.05 bits per heavy atom.